The molecular formula is C8H11N3O. The van der Waals surface area contributed by atoms with Gasteiger partial charge in [-0.25, -0.2) is 0 Å². The van der Waals surface area contributed by atoms with Crippen LogP contribution in [0, 0.1) is 6.92 Å². The highest BCUT2D eigenvalue weighted by molar-refractivity contribution is 5.76. The highest BCUT2D eigenvalue weighted by Crippen LogP contribution is 2.11. The van der Waals surface area contributed by atoms with E-state index in [1.54, 1.807) is 7.05 Å². The maximum Gasteiger partial charge on any atom is 0.290 e. The molecule has 0 amide bonds. The van der Waals surface area contributed by atoms with Gasteiger partial charge >= 0.3 is 0 Å². The van der Waals surface area contributed by atoms with E-state index in [1.165, 1.54) is 4.68 Å². The van der Waals surface area contributed by atoms with Crippen molar-refractivity contribution in [2.24, 2.45) is 14.1 Å². The fraction of sp³-hybridized carbons (Fsp3) is 0.375. The van der Waals surface area contributed by atoms with Crippen molar-refractivity contribution in [2.75, 3.05) is 0 Å². The van der Waals surface area contributed by atoms with Crippen LogP contribution in [0.2, 0.25) is 0 Å². The van der Waals surface area contributed by atoms with Crippen LogP contribution in [0.25, 0.3) is 11.0 Å². The van der Waals surface area contributed by atoms with Gasteiger partial charge in [-0.15, -0.1) is 0 Å². The molecule has 0 aromatic carbocycles. The second kappa shape index (κ2) is 2.03. The molecule has 4 nitrogen and oxygen atoms in total. The lowest BCUT2D eigenvalue weighted by atomic mass is 10.4. The summed E-state index contributed by atoms with van der Waals surface area (Å²) < 4.78 is 3.39. The van der Waals surface area contributed by atoms with Crippen molar-refractivity contribution in [3.63, 3.8) is 0 Å². The highest BCUT2D eigenvalue weighted by Gasteiger charge is 2.08. The zero-order valence-corrected chi connectivity index (χ0v) is 7.38. The Morgan fingerprint density at radius 1 is 1.42 bits per heavy atom. The number of hydrogen-bond donors (Lipinski definition) is 1. The Kier molecular flexibility index (Phi) is 1.22. The standard InChI is InChI=1S/C8H11N3O/c1-5-4-6-7(10(5)2)8(12)11(3)9-6/h4,9H,1-3H3. The van der Waals surface area contributed by atoms with Gasteiger partial charge in [0.25, 0.3) is 5.56 Å². The number of nitrogens with one attached hydrogen (secondary N) is 1. The number of rotatable bonds is 0. The number of aromatic nitrogens is 3. The maximum atomic E-state index is 11.5. The van der Waals surface area contributed by atoms with Crippen molar-refractivity contribution >= 4 is 11.0 Å². The first-order valence-corrected chi connectivity index (χ1v) is 3.82. The van der Waals surface area contributed by atoms with Crippen molar-refractivity contribution in [3.05, 3.63) is 22.1 Å². The molecule has 0 saturated heterocycles. The summed E-state index contributed by atoms with van der Waals surface area (Å²) in [4.78, 5) is 11.5. The molecular weight excluding hydrogens is 154 g/mol. The molecule has 0 aliphatic heterocycles. The largest absolute Gasteiger partial charge is 0.342 e. The summed E-state index contributed by atoms with van der Waals surface area (Å²) in [6.45, 7) is 1.98. The predicted molar refractivity (Wildman–Crippen MR) is 47.2 cm³/mol. The van der Waals surface area contributed by atoms with Crippen LogP contribution in [0.3, 0.4) is 0 Å². The van der Waals surface area contributed by atoms with Gasteiger partial charge in [0.15, 0.2) is 0 Å². The minimum absolute atomic E-state index is 0.0283. The molecule has 0 fully saturated rings. The van der Waals surface area contributed by atoms with Crippen LogP contribution in [-0.2, 0) is 14.1 Å². The lowest BCUT2D eigenvalue weighted by Crippen LogP contribution is -2.14. The van der Waals surface area contributed by atoms with Gasteiger partial charge in [0.1, 0.15) is 5.52 Å². The molecule has 0 spiro atoms. The van der Waals surface area contributed by atoms with Crippen molar-refractivity contribution in [1.29, 1.82) is 0 Å². The van der Waals surface area contributed by atoms with E-state index in [4.69, 9.17) is 0 Å². The predicted octanol–water partition coefficient (Wildman–Crippen LogP) is 0.514. The Morgan fingerprint density at radius 3 is 2.67 bits per heavy atom. The smallest absolute Gasteiger partial charge is 0.290 e. The van der Waals surface area contributed by atoms with Gasteiger partial charge in [0.05, 0.1) is 5.52 Å². The van der Waals surface area contributed by atoms with Crippen LogP contribution in [0.5, 0.6) is 0 Å². The summed E-state index contributed by atoms with van der Waals surface area (Å²) in [7, 11) is 3.62. The third kappa shape index (κ3) is 0.691. The Hall–Kier alpha value is -1.45. The molecule has 0 bridgehead atoms. The van der Waals surface area contributed by atoms with E-state index in [0.29, 0.717) is 0 Å². The number of aryl methyl sites for hydroxylation is 3. The van der Waals surface area contributed by atoms with Crippen molar-refractivity contribution in [3.8, 4) is 0 Å². The van der Waals surface area contributed by atoms with Gasteiger partial charge in [-0.1, -0.05) is 0 Å². The number of nitrogens with zero attached hydrogens (tertiary/aromatic N) is 2. The number of hydrogen-bond acceptors (Lipinski definition) is 1. The fourth-order valence-electron chi connectivity index (χ4n) is 1.47. The lowest BCUT2D eigenvalue weighted by Gasteiger charge is -1.93. The van der Waals surface area contributed by atoms with E-state index in [2.05, 4.69) is 5.10 Å². The van der Waals surface area contributed by atoms with Gasteiger partial charge in [-0.05, 0) is 13.0 Å². The Morgan fingerprint density at radius 2 is 2.08 bits per heavy atom. The van der Waals surface area contributed by atoms with Crippen LogP contribution in [-0.4, -0.2) is 14.3 Å². The van der Waals surface area contributed by atoms with Crippen LogP contribution in [0.4, 0.5) is 0 Å². The maximum absolute atomic E-state index is 11.5. The molecule has 64 valence electrons. The SMILES string of the molecule is Cc1cc2[nH]n(C)c(=O)c2n1C. The second-order valence-electron chi connectivity index (χ2n) is 3.08. The third-order valence-corrected chi connectivity index (χ3v) is 2.27. The highest BCUT2D eigenvalue weighted by atomic mass is 16.1. The first-order chi connectivity index (χ1) is 5.61. The molecule has 2 heterocycles. The Balaban J connectivity index is 3.05. The van der Waals surface area contributed by atoms with Crippen molar-refractivity contribution in [1.82, 2.24) is 14.3 Å². The Labute approximate surface area is 69.4 Å². The average Bonchev–Trinajstić information content (AvgIpc) is 2.40. The molecule has 0 unspecified atom stereocenters. The van der Waals surface area contributed by atoms with E-state index in [9.17, 15) is 4.79 Å². The molecule has 0 radical (unpaired) electrons. The molecule has 2 aromatic rings. The van der Waals surface area contributed by atoms with Gasteiger partial charge in [-0.2, -0.15) is 0 Å². The zero-order valence-electron chi connectivity index (χ0n) is 7.38. The summed E-state index contributed by atoms with van der Waals surface area (Å²) in [5, 5.41) is 2.97. The van der Waals surface area contributed by atoms with Gasteiger partial charge in [-0.3, -0.25) is 14.6 Å². The van der Waals surface area contributed by atoms with Gasteiger partial charge < -0.3 is 4.57 Å². The molecule has 0 atom stereocenters. The zero-order chi connectivity index (χ0) is 8.88. The number of H-pyrrole nitrogens is 1. The van der Waals surface area contributed by atoms with E-state index in [0.717, 1.165) is 16.7 Å². The number of aromatic amines is 1. The lowest BCUT2D eigenvalue weighted by molar-refractivity contribution is 0.745. The second-order valence-corrected chi connectivity index (χ2v) is 3.08. The van der Waals surface area contributed by atoms with E-state index in [1.807, 2.05) is 24.6 Å². The van der Waals surface area contributed by atoms with Crippen LogP contribution < -0.4 is 5.56 Å². The van der Waals surface area contributed by atoms with Crippen molar-refractivity contribution in [2.45, 2.75) is 6.92 Å². The molecule has 0 aliphatic rings. The van der Waals surface area contributed by atoms with Crippen molar-refractivity contribution < 1.29 is 0 Å². The molecule has 2 aromatic heterocycles. The number of fused-ring (bicyclic) bond motifs is 1. The molecule has 0 saturated carbocycles. The normalized spacial score (nSPS) is 11.2. The average molecular weight is 165 g/mol. The molecule has 0 aliphatic carbocycles. The summed E-state index contributed by atoms with van der Waals surface area (Å²) in [6.07, 6.45) is 0. The Bertz CT molecular complexity index is 486. The molecule has 2 rings (SSSR count). The first-order valence-electron chi connectivity index (χ1n) is 3.82. The summed E-state index contributed by atoms with van der Waals surface area (Å²) in [6, 6.07) is 1.97. The van der Waals surface area contributed by atoms with E-state index in [-0.39, 0.29) is 5.56 Å². The summed E-state index contributed by atoms with van der Waals surface area (Å²) in [5.74, 6) is 0. The third-order valence-electron chi connectivity index (χ3n) is 2.27. The summed E-state index contributed by atoms with van der Waals surface area (Å²) >= 11 is 0. The summed E-state index contributed by atoms with van der Waals surface area (Å²) in [5.41, 5.74) is 2.77. The van der Waals surface area contributed by atoms with Crippen LogP contribution >= 0.6 is 0 Å². The monoisotopic (exact) mass is 165 g/mol. The van der Waals surface area contributed by atoms with Gasteiger partial charge in [0.2, 0.25) is 0 Å². The van der Waals surface area contributed by atoms with Gasteiger partial charge in [0, 0.05) is 19.8 Å². The minimum Gasteiger partial charge on any atom is -0.342 e. The molecule has 12 heavy (non-hydrogen) atoms. The van der Waals surface area contributed by atoms with Crippen LogP contribution in [0.1, 0.15) is 5.69 Å². The molecule has 1 N–H and O–H groups in total. The quantitative estimate of drug-likeness (QED) is 0.607. The minimum atomic E-state index is 0.0283. The first kappa shape index (κ1) is 7.21. The van der Waals surface area contributed by atoms with Crippen LogP contribution in [0.15, 0.2) is 10.9 Å². The topological polar surface area (TPSA) is 42.7 Å². The fourth-order valence-corrected chi connectivity index (χ4v) is 1.47. The molecule has 4 heteroatoms. The van der Waals surface area contributed by atoms with E-state index < -0.39 is 0 Å². The van der Waals surface area contributed by atoms with E-state index >= 15 is 0 Å².